The van der Waals surface area contributed by atoms with Crippen molar-refractivity contribution < 1.29 is 18.7 Å². The van der Waals surface area contributed by atoms with E-state index in [4.69, 9.17) is 8.83 Å². The molecule has 4 rings (SSSR count). The van der Waals surface area contributed by atoms with Crippen molar-refractivity contribution in [3.8, 4) is 0 Å². The minimum Gasteiger partial charge on any atom is -0.508 e. The molecule has 0 unspecified atom stereocenters. The van der Waals surface area contributed by atoms with Crippen LogP contribution >= 0.6 is 0 Å². The maximum Gasteiger partial charge on any atom is 0.182 e. The smallest absolute Gasteiger partial charge is 0.182 e. The van der Waals surface area contributed by atoms with Crippen LogP contribution in [0, 0.1) is 0 Å². The van der Waals surface area contributed by atoms with Crippen LogP contribution in [0.25, 0.3) is 34.1 Å². The number of aliphatic hydroxyl groups is 1. The van der Waals surface area contributed by atoms with Crippen LogP contribution in [-0.4, -0.2) is 10.9 Å². The molecule has 0 saturated heterocycles. The summed E-state index contributed by atoms with van der Waals surface area (Å²) < 4.78 is 10.9. The highest BCUT2D eigenvalue weighted by atomic mass is 16.3. The van der Waals surface area contributed by atoms with Crippen LogP contribution < -0.4 is 0 Å². The summed E-state index contributed by atoms with van der Waals surface area (Å²) in [6.07, 6.45) is 10.6. The predicted octanol–water partition coefficient (Wildman–Crippen LogP) is 5.92. The second-order valence-corrected chi connectivity index (χ2v) is 6.01. The van der Waals surface area contributed by atoms with Gasteiger partial charge in [0, 0.05) is 28.0 Å². The number of hydrogen-bond donors (Lipinski definition) is 1. The van der Waals surface area contributed by atoms with Gasteiger partial charge in [-0.1, -0.05) is 36.4 Å². The molecule has 27 heavy (non-hydrogen) atoms. The van der Waals surface area contributed by atoms with Crippen LogP contribution in [0.15, 0.2) is 93.9 Å². The molecule has 0 saturated carbocycles. The number of aliphatic hydroxyl groups excluding tert-OH is 1. The lowest BCUT2D eigenvalue weighted by molar-refractivity contribution is -0.110. The third kappa shape index (κ3) is 3.60. The van der Waals surface area contributed by atoms with Crippen molar-refractivity contribution in [2.75, 3.05) is 0 Å². The number of furan rings is 2. The fraction of sp³-hybridized carbons (Fsp3) is 0. The molecule has 0 bridgehead atoms. The summed E-state index contributed by atoms with van der Waals surface area (Å²) in [6, 6.07) is 15.2. The minimum absolute atomic E-state index is 0.132. The molecule has 4 heteroatoms. The first-order chi connectivity index (χ1) is 13.2. The molecule has 4 aromatic rings. The predicted molar refractivity (Wildman–Crippen MR) is 106 cm³/mol. The van der Waals surface area contributed by atoms with Crippen LogP contribution in [0.1, 0.15) is 11.1 Å². The first-order valence-corrected chi connectivity index (χ1v) is 8.44. The van der Waals surface area contributed by atoms with E-state index in [1.54, 1.807) is 24.7 Å². The zero-order chi connectivity index (χ0) is 18.6. The lowest BCUT2D eigenvalue weighted by atomic mass is 10.1. The van der Waals surface area contributed by atoms with Crippen molar-refractivity contribution in [1.82, 2.24) is 0 Å². The number of ketones is 1. The van der Waals surface area contributed by atoms with E-state index >= 15 is 0 Å². The molecular formula is C23H16O4. The van der Waals surface area contributed by atoms with Crippen molar-refractivity contribution in [2.24, 2.45) is 0 Å². The van der Waals surface area contributed by atoms with E-state index in [1.807, 2.05) is 48.5 Å². The van der Waals surface area contributed by atoms with Crippen molar-refractivity contribution in [3.63, 3.8) is 0 Å². The molecule has 0 spiro atoms. The Labute approximate surface area is 155 Å². The maximum absolute atomic E-state index is 12.1. The van der Waals surface area contributed by atoms with Crippen molar-refractivity contribution in [1.29, 1.82) is 0 Å². The molecular weight excluding hydrogens is 340 g/mol. The molecule has 0 fully saturated rings. The number of fused-ring (bicyclic) bond motifs is 2. The Kier molecular flexibility index (Phi) is 4.45. The molecule has 0 radical (unpaired) electrons. The average molecular weight is 356 g/mol. The molecule has 2 aromatic carbocycles. The van der Waals surface area contributed by atoms with Gasteiger partial charge in [0.25, 0.3) is 0 Å². The number of hydrogen-bond acceptors (Lipinski definition) is 4. The number of rotatable bonds is 5. The van der Waals surface area contributed by atoms with E-state index in [2.05, 4.69) is 0 Å². The summed E-state index contributed by atoms with van der Waals surface area (Å²) in [5, 5.41) is 11.9. The van der Waals surface area contributed by atoms with Gasteiger partial charge in [-0.25, -0.2) is 0 Å². The zero-order valence-corrected chi connectivity index (χ0v) is 14.3. The van der Waals surface area contributed by atoms with E-state index in [0.717, 1.165) is 39.1 Å². The number of para-hydroxylation sites is 2. The van der Waals surface area contributed by atoms with Gasteiger partial charge in [-0.3, -0.25) is 4.79 Å². The Morgan fingerprint density at radius 2 is 1.30 bits per heavy atom. The molecule has 0 amide bonds. The summed E-state index contributed by atoms with van der Waals surface area (Å²) in [5.41, 5.74) is 3.18. The maximum atomic E-state index is 12.1. The number of carbonyl (C=O) groups excluding carboxylic acids is 1. The summed E-state index contributed by atoms with van der Waals surface area (Å²) in [6.45, 7) is 0. The van der Waals surface area contributed by atoms with Crippen molar-refractivity contribution in [3.05, 3.63) is 96.2 Å². The van der Waals surface area contributed by atoms with E-state index in [-0.39, 0.29) is 11.5 Å². The average Bonchev–Trinajstić information content (AvgIpc) is 3.29. The van der Waals surface area contributed by atoms with Crippen LogP contribution in [0.5, 0.6) is 0 Å². The Morgan fingerprint density at radius 3 is 1.89 bits per heavy atom. The van der Waals surface area contributed by atoms with Gasteiger partial charge in [-0.05, 0) is 36.4 Å². The van der Waals surface area contributed by atoms with Gasteiger partial charge in [0.15, 0.2) is 5.78 Å². The molecule has 4 nitrogen and oxygen atoms in total. The molecule has 1 N–H and O–H groups in total. The second kappa shape index (κ2) is 7.22. The van der Waals surface area contributed by atoms with Gasteiger partial charge in [-0.2, -0.15) is 0 Å². The van der Waals surface area contributed by atoms with Crippen LogP contribution in [0.4, 0.5) is 0 Å². The number of carbonyl (C=O) groups is 1. The monoisotopic (exact) mass is 356 g/mol. The van der Waals surface area contributed by atoms with Gasteiger partial charge < -0.3 is 13.9 Å². The van der Waals surface area contributed by atoms with Crippen molar-refractivity contribution in [2.45, 2.75) is 0 Å². The standard InChI is InChI=1S/C23H16O4/c24-18(11-9-16-14-26-22-7-3-1-5-20(16)22)13-19(25)12-10-17-15-27-23-8-4-2-6-21(17)23/h1-15,24H/b11-9+,12-10+,18-13-. The van der Waals surface area contributed by atoms with E-state index in [1.165, 1.54) is 12.2 Å². The first kappa shape index (κ1) is 16.7. The molecule has 0 aliphatic rings. The third-order valence-corrected chi connectivity index (χ3v) is 4.17. The summed E-state index contributed by atoms with van der Waals surface area (Å²) >= 11 is 0. The number of allylic oxidation sites excluding steroid dienone is 3. The summed E-state index contributed by atoms with van der Waals surface area (Å²) in [7, 11) is 0. The Bertz CT molecular complexity index is 1200. The molecule has 0 atom stereocenters. The highest BCUT2D eigenvalue weighted by Gasteiger charge is 2.03. The molecule has 2 aromatic heterocycles. The molecule has 132 valence electrons. The highest BCUT2D eigenvalue weighted by Crippen LogP contribution is 2.23. The topological polar surface area (TPSA) is 63.6 Å². The van der Waals surface area contributed by atoms with Gasteiger partial charge in [0.05, 0.1) is 12.5 Å². The Hall–Kier alpha value is -3.79. The van der Waals surface area contributed by atoms with Crippen LogP contribution in [-0.2, 0) is 4.79 Å². The van der Waals surface area contributed by atoms with E-state index < -0.39 is 0 Å². The Morgan fingerprint density at radius 1 is 0.778 bits per heavy atom. The van der Waals surface area contributed by atoms with Gasteiger partial charge >= 0.3 is 0 Å². The van der Waals surface area contributed by atoms with Crippen LogP contribution in [0.3, 0.4) is 0 Å². The zero-order valence-electron chi connectivity index (χ0n) is 14.3. The number of benzene rings is 2. The third-order valence-electron chi connectivity index (χ3n) is 4.17. The van der Waals surface area contributed by atoms with Gasteiger partial charge in [0.2, 0.25) is 0 Å². The molecule has 0 aliphatic heterocycles. The lowest BCUT2D eigenvalue weighted by Crippen LogP contribution is -1.88. The fourth-order valence-electron chi connectivity index (χ4n) is 2.84. The SMILES string of the molecule is O=C(/C=C(O)/C=C/c1coc2ccccc12)/C=C/c1coc2ccccc12. The highest BCUT2D eigenvalue weighted by molar-refractivity contribution is 6.04. The first-order valence-electron chi connectivity index (χ1n) is 8.44. The largest absolute Gasteiger partial charge is 0.508 e. The quantitative estimate of drug-likeness (QED) is 0.274. The molecule has 2 heterocycles. The normalized spacial score (nSPS) is 12.7. The summed E-state index contributed by atoms with van der Waals surface area (Å²) in [5.74, 6) is -0.452. The van der Waals surface area contributed by atoms with E-state index in [0.29, 0.717) is 0 Å². The molecule has 0 aliphatic carbocycles. The minimum atomic E-state index is -0.320. The summed E-state index contributed by atoms with van der Waals surface area (Å²) in [4.78, 5) is 12.1. The fourth-order valence-corrected chi connectivity index (χ4v) is 2.84. The second-order valence-electron chi connectivity index (χ2n) is 6.01. The Balaban J connectivity index is 1.48. The van der Waals surface area contributed by atoms with E-state index in [9.17, 15) is 9.90 Å². The van der Waals surface area contributed by atoms with Crippen molar-refractivity contribution >= 4 is 39.9 Å². The van der Waals surface area contributed by atoms with Gasteiger partial charge in [0.1, 0.15) is 16.9 Å². The van der Waals surface area contributed by atoms with Crippen LogP contribution in [0.2, 0.25) is 0 Å². The lowest BCUT2D eigenvalue weighted by Gasteiger charge is -1.92. The van der Waals surface area contributed by atoms with Gasteiger partial charge in [-0.15, -0.1) is 0 Å².